The number of anilines is 1. The maximum atomic E-state index is 11.4. The second-order valence-electron chi connectivity index (χ2n) is 7.08. The first-order valence-electron chi connectivity index (χ1n) is 10.2. The van der Waals surface area contributed by atoms with Gasteiger partial charge in [-0.2, -0.15) is 0 Å². The molecule has 0 aliphatic carbocycles. The number of nitrogens with zero attached hydrogens (tertiary/aromatic N) is 2. The number of nitrogens with one attached hydrogen (secondary N) is 3. The Morgan fingerprint density at radius 1 is 1.19 bits per heavy atom. The number of rotatable bonds is 7. The first-order valence-corrected chi connectivity index (χ1v) is 10.2. The molecule has 168 valence electrons. The minimum Gasteiger partial charge on any atom is -0.492 e. The van der Waals surface area contributed by atoms with Crippen LogP contribution >= 0.6 is 24.0 Å². The van der Waals surface area contributed by atoms with Crippen molar-refractivity contribution in [3.05, 3.63) is 66.1 Å². The minimum atomic E-state index is 0. The largest absolute Gasteiger partial charge is 0.492 e. The van der Waals surface area contributed by atoms with Crippen molar-refractivity contribution in [1.29, 1.82) is 0 Å². The summed E-state index contributed by atoms with van der Waals surface area (Å²) in [6.45, 7) is 1.56. The maximum absolute atomic E-state index is 11.4. The van der Waals surface area contributed by atoms with Gasteiger partial charge in [0.25, 0.3) is 0 Å². The lowest BCUT2D eigenvalue weighted by atomic mass is 10.0. The van der Waals surface area contributed by atoms with Crippen molar-refractivity contribution in [1.82, 2.24) is 15.6 Å². The molecule has 32 heavy (non-hydrogen) atoms. The molecule has 1 amide bonds. The van der Waals surface area contributed by atoms with E-state index in [2.05, 4.69) is 25.9 Å². The first-order chi connectivity index (χ1) is 15.2. The number of oxazole rings is 1. The van der Waals surface area contributed by atoms with E-state index in [4.69, 9.17) is 9.15 Å². The number of guanidine groups is 1. The van der Waals surface area contributed by atoms with Gasteiger partial charge in [0.15, 0.2) is 5.96 Å². The van der Waals surface area contributed by atoms with Crippen LogP contribution in [0.4, 0.5) is 5.69 Å². The van der Waals surface area contributed by atoms with Crippen molar-refractivity contribution in [2.24, 2.45) is 4.99 Å². The number of hydrogen-bond donors (Lipinski definition) is 3. The highest BCUT2D eigenvalue weighted by Crippen LogP contribution is 2.26. The van der Waals surface area contributed by atoms with E-state index >= 15 is 0 Å². The minimum absolute atomic E-state index is 0. The zero-order chi connectivity index (χ0) is 21.5. The zero-order valence-corrected chi connectivity index (χ0v) is 20.1. The summed E-state index contributed by atoms with van der Waals surface area (Å²) in [6.07, 6.45) is 2.89. The van der Waals surface area contributed by atoms with Crippen molar-refractivity contribution < 1.29 is 13.9 Å². The van der Waals surface area contributed by atoms with Gasteiger partial charge in [-0.3, -0.25) is 9.79 Å². The molecule has 1 aromatic heterocycles. The second kappa shape index (κ2) is 11.5. The number of amides is 1. The molecule has 1 aliphatic rings. The molecule has 2 aromatic carbocycles. The molecule has 0 saturated carbocycles. The summed E-state index contributed by atoms with van der Waals surface area (Å²) < 4.78 is 11.4. The number of aliphatic imine (C=N–C) groups is 1. The summed E-state index contributed by atoms with van der Waals surface area (Å²) >= 11 is 0. The molecule has 4 rings (SSSR count). The van der Waals surface area contributed by atoms with Gasteiger partial charge in [-0.05, 0) is 42.3 Å². The molecule has 0 unspecified atom stereocenters. The van der Waals surface area contributed by atoms with E-state index in [-0.39, 0.29) is 29.9 Å². The highest BCUT2D eigenvalue weighted by Gasteiger charge is 2.15. The summed E-state index contributed by atoms with van der Waals surface area (Å²) in [7, 11) is 1.71. The van der Waals surface area contributed by atoms with Gasteiger partial charge in [0.05, 0.1) is 18.8 Å². The highest BCUT2D eigenvalue weighted by molar-refractivity contribution is 14.0. The fourth-order valence-corrected chi connectivity index (χ4v) is 3.28. The van der Waals surface area contributed by atoms with E-state index in [1.54, 1.807) is 13.3 Å². The van der Waals surface area contributed by atoms with E-state index in [0.29, 0.717) is 38.0 Å². The quantitative estimate of drug-likeness (QED) is 0.181. The second-order valence-corrected chi connectivity index (χ2v) is 7.08. The van der Waals surface area contributed by atoms with Gasteiger partial charge in [-0.1, -0.05) is 18.2 Å². The van der Waals surface area contributed by atoms with Crippen LogP contribution in [0.3, 0.4) is 0 Å². The van der Waals surface area contributed by atoms with E-state index in [1.165, 1.54) is 0 Å². The Kier molecular flexibility index (Phi) is 8.48. The molecule has 0 bridgehead atoms. The Labute approximate surface area is 203 Å². The molecule has 0 atom stereocenters. The van der Waals surface area contributed by atoms with Crippen LogP contribution in [0.15, 0.2) is 64.2 Å². The van der Waals surface area contributed by atoms with Gasteiger partial charge in [0, 0.05) is 24.7 Å². The van der Waals surface area contributed by atoms with Crippen LogP contribution < -0.4 is 20.7 Å². The van der Waals surface area contributed by atoms with Crippen molar-refractivity contribution >= 4 is 41.5 Å². The number of carbonyl (C=O) groups excluding carboxylic acids is 1. The highest BCUT2D eigenvalue weighted by atomic mass is 127. The van der Waals surface area contributed by atoms with Crippen LogP contribution in [0.5, 0.6) is 5.75 Å². The van der Waals surface area contributed by atoms with Gasteiger partial charge < -0.3 is 25.1 Å². The SMILES string of the molecule is CN=C(NCCOc1ccc2c(c1)CCC(=O)N2)NCc1coc(-c2ccccc2)n1.I. The fourth-order valence-electron chi connectivity index (χ4n) is 3.28. The van der Waals surface area contributed by atoms with Crippen LogP contribution in [0.1, 0.15) is 17.7 Å². The zero-order valence-electron chi connectivity index (χ0n) is 17.8. The molecule has 2 heterocycles. The van der Waals surface area contributed by atoms with E-state index in [1.807, 2.05) is 48.5 Å². The van der Waals surface area contributed by atoms with Gasteiger partial charge >= 0.3 is 0 Å². The number of carbonyl (C=O) groups is 1. The Balaban J connectivity index is 0.00000289. The van der Waals surface area contributed by atoms with E-state index in [9.17, 15) is 4.79 Å². The number of hydrogen-bond acceptors (Lipinski definition) is 5. The van der Waals surface area contributed by atoms with Crippen LogP contribution in [-0.4, -0.2) is 37.1 Å². The lowest BCUT2D eigenvalue weighted by Gasteiger charge is -2.18. The van der Waals surface area contributed by atoms with Crippen molar-refractivity contribution in [2.45, 2.75) is 19.4 Å². The molecule has 3 aromatic rings. The average molecular weight is 547 g/mol. The third-order valence-electron chi connectivity index (χ3n) is 4.87. The van der Waals surface area contributed by atoms with Gasteiger partial charge in [-0.25, -0.2) is 4.98 Å². The molecular formula is C23H26IN5O3. The van der Waals surface area contributed by atoms with Crippen LogP contribution in [-0.2, 0) is 17.8 Å². The summed E-state index contributed by atoms with van der Waals surface area (Å²) in [5.41, 5.74) is 3.71. The van der Waals surface area contributed by atoms with E-state index in [0.717, 1.165) is 34.7 Å². The van der Waals surface area contributed by atoms with E-state index < -0.39 is 0 Å². The van der Waals surface area contributed by atoms with Gasteiger partial charge in [0.1, 0.15) is 18.6 Å². The summed E-state index contributed by atoms with van der Waals surface area (Å²) in [4.78, 5) is 20.2. The number of benzene rings is 2. The molecule has 1 aliphatic heterocycles. The molecule has 0 fully saturated rings. The Bertz CT molecular complexity index is 1070. The van der Waals surface area contributed by atoms with Crippen molar-refractivity contribution in [3.63, 3.8) is 0 Å². The predicted molar refractivity (Wildman–Crippen MR) is 134 cm³/mol. The number of halogens is 1. The van der Waals surface area contributed by atoms with Crippen LogP contribution in [0.2, 0.25) is 0 Å². The summed E-state index contributed by atoms with van der Waals surface area (Å²) in [5, 5.41) is 9.30. The summed E-state index contributed by atoms with van der Waals surface area (Å²) in [6, 6.07) is 15.5. The Hall–Kier alpha value is -3.08. The standard InChI is InChI=1S/C23H25N5O3.HI/c1-24-23(26-14-18-15-31-22(27-18)16-5-3-2-4-6-16)25-11-12-30-19-8-9-20-17(13-19)7-10-21(29)28-20;/h2-6,8-9,13,15H,7,10-12,14H2,1H3,(H,28,29)(H2,24,25,26);1H. The number of aryl methyl sites for hydroxylation is 1. The number of ether oxygens (including phenoxy) is 1. The molecule has 0 radical (unpaired) electrons. The third-order valence-corrected chi connectivity index (χ3v) is 4.87. The third kappa shape index (κ3) is 6.22. The smallest absolute Gasteiger partial charge is 0.226 e. The normalized spacial score (nSPS) is 12.9. The molecular weight excluding hydrogens is 521 g/mol. The van der Waals surface area contributed by atoms with Gasteiger partial charge in [-0.15, -0.1) is 24.0 Å². The lowest BCUT2D eigenvalue weighted by molar-refractivity contribution is -0.116. The maximum Gasteiger partial charge on any atom is 0.226 e. The van der Waals surface area contributed by atoms with Crippen LogP contribution in [0, 0.1) is 0 Å². The number of aromatic nitrogens is 1. The van der Waals surface area contributed by atoms with Crippen molar-refractivity contribution in [3.8, 4) is 17.2 Å². The fraction of sp³-hybridized carbons (Fsp3) is 0.261. The van der Waals surface area contributed by atoms with Crippen molar-refractivity contribution in [2.75, 3.05) is 25.5 Å². The molecule has 9 heteroatoms. The topological polar surface area (TPSA) is 101 Å². The average Bonchev–Trinajstić information content (AvgIpc) is 3.28. The predicted octanol–water partition coefficient (Wildman–Crippen LogP) is 3.59. The monoisotopic (exact) mass is 547 g/mol. The number of fused-ring (bicyclic) bond motifs is 1. The Morgan fingerprint density at radius 3 is 2.84 bits per heavy atom. The summed E-state index contributed by atoms with van der Waals surface area (Å²) in [5.74, 6) is 2.10. The molecule has 3 N–H and O–H groups in total. The Morgan fingerprint density at radius 2 is 2.03 bits per heavy atom. The molecule has 8 nitrogen and oxygen atoms in total. The lowest BCUT2D eigenvalue weighted by Crippen LogP contribution is -2.38. The van der Waals surface area contributed by atoms with Crippen LogP contribution in [0.25, 0.3) is 11.5 Å². The van der Waals surface area contributed by atoms with Gasteiger partial charge in [0.2, 0.25) is 11.8 Å². The first kappa shape index (κ1) is 23.6. The molecule has 0 saturated heterocycles. The molecule has 0 spiro atoms.